The minimum Gasteiger partial charge on any atom is -0.309 e. The van der Waals surface area contributed by atoms with Crippen LogP contribution in [0.5, 0.6) is 0 Å². The lowest BCUT2D eigenvalue weighted by Gasteiger charge is -2.20. The van der Waals surface area contributed by atoms with Crippen molar-refractivity contribution in [2.75, 3.05) is 6.54 Å². The van der Waals surface area contributed by atoms with Gasteiger partial charge in [0.15, 0.2) is 0 Å². The number of nitrogens with zero attached hydrogens (tertiary/aromatic N) is 2. The Labute approximate surface area is 134 Å². The van der Waals surface area contributed by atoms with Gasteiger partial charge in [0.25, 0.3) is 0 Å². The highest BCUT2D eigenvalue weighted by Gasteiger charge is 2.20. The van der Waals surface area contributed by atoms with Crippen LogP contribution in [0.2, 0.25) is 10.0 Å². The Hall–Kier alpha value is -1.10. The molecular weight excluding hydrogens is 312 g/mol. The van der Waals surface area contributed by atoms with Crippen LogP contribution in [-0.4, -0.2) is 16.3 Å². The Morgan fingerprint density at radius 1 is 1.29 bits per heavy atom. The zero-order valence-corrected chi connectivity index (χ0v) is 13.5. The summed E-state index contributed by atoms with van der Waals surface area (Å²) in [4.78, 5) is 0. The molecule has 2 rings (SSSR count). The lowest BCUT2D eigenvalue weighted by molar-refractivity contribution is 0.490. The van der Waals surface area contributed by atoms with Crippen molar-refractivity contribution in [2.24, 2.45) is 0 Å². The Balaban J connectivity index is 2.33. The van der Waals surface area contributed by atoms with Gasteiger partial charge in [-0.25, -0.2) is 4.39 Å². The second-order valence-electron chi connectivity index (χ2n) is 4.74. The molecule has 2 aromatic rings. The summed E-state index contributed by atoms with van der Waals surface area (Å²) in [5.74, 6) is -0.333. The number of likely N-dealkylation sites (N-methyl/N-ethyl adjacent to an activating group) is 1. The van der Waals surface area contributed by atoms with Crippen molar-refractivity contribution in [1.29, 1.82) is 0 Å². The van der Waals surface area contributed by atoms with E-state index in [0.717, 1.165) is 24.3 Å². The second-order valence-corrected chi connectivity index (χ2v) is 5.56. The molecular formula is C15H18Cl2FN3. The van der Waals surface area contributed by atoms with Crippen molar-refractivity contribution in [3.05, 3.63) is 51.5 Å². The highest BCUT2D eigenvalue weighted by atomic mass is 35.5. The summed E-state index contributed by atoms with van der Waals surface area (Å²) in [5, 5.41) is 8.71. The first-order valence-electron chi connectivity index (χ1n) is 6.95. The fourth-order valence-electron chi connectivity index (χ4n) is 2.39. The van der Waals surface area contributed by atoms with Crippen molar-refractivity contribution in [3.63, 3.8) is 0 Å². The van der Waals surface area contributed by atoms with Gasteiger partial charge < -0.3 is 5.32 Å². The number of benzene rings is 1. The number of rotatable bonds is 6. The van der Waals surface area contributed by atoms with E-state index in [4.69, 9.17) is 23.2 Å². The molecule has 1 unspecified atom stereocenters. The summed E-state index contributed by atoms with van der Waals surface area (Å²) < 4.78 is 15.0. The zero-order valence-electron chi connectivity index (χ0n) is 12.0. The first-order valence-corrected chi connectivity index (χ1v) is 7.70. The second kappa shape index (κ2) is 7.25. The van der Waals surface area contributed by atoms with Crippen LogP contribution in [0.25, 0.3) is 0 Å². The predicted octanol–water partition coefficient (Wildman–Crippen LogP) is 4.24. The van der Waals surface area contributed by atoms with Crippen molar-refractivity contribution in [1.82, 2.24) is 15.1 Å². The van der Waals surface area contributed by atoms with Crippen molar-refractivity contribution in [2.45, 2.75) is 32.9 Å². The third kappa shape index (κ3) is 3.76. The molecule has 3 nitrogen and oxygen atoms in total. The molecule has 0 fully saturated rings. The maximum absolute atomic E-state index is 13.2. The molecule has 0 aliphatic heterocycles. The zero-order chi connectivity index (χ0) is 15.4. The van der Waals surface area contributed by atoms with E-state index in [2.05, 4.69) is 10.4 Å². The molecule has 1 atom stereocenters. The van der Waals surface area contributed by atoms with E-state index in [1.807, 2.05) is 18.5 Å². The topological polar surface area (TPSA) is 29.9 Å². The minimum absolute atomic E-state index is 0.0205. The molecule has 0 aliphatic rings. The average molecular weight is 330 g/mol. The van der Waals surface area contributed by atoms with Crippen LogP contribution in [0.3, 0.4) is 0 Å². The third-order valence-corrected chi connectivity index (χ3v) is 4.00. The van der Waals surface area contributed by atoms with Crippen LogP contribution in [0.4, 0.5) is 4.39 Å². The Kier molecular flexibility index (Phi) is 5.62. The smallest absolute Gasteiger partial charge is 0.124 e. The molecule has 114 valence electrons. The molecule has 0 saturated heterocycles. The summed E-state index contributed by atoms with van der Waals surface area (Å²) in [6.07, 6.45) is 2.27. The van der Waals surface area contributed by atoms with Gasteiger partial charge in [-0.3, -0.25) is 4.68 Å². The van der Waals surface area contributed by atoms with Crippen molar-refractivity contribution >= 4 is 23.2 Å². The number of aryl methyl sites for hydroxylation is 1. The Morgan fingerprint density at radius 2 is 2.05 bits per heavy atom. The van der Waals surface area contributed by atoms with Crippen LogP contribution in [0.1, 0.15) is 31.1 Å². The molecule has 6 heteroatoms. The fourth-order valence-corrected chi connectivity index (χ4v) is 2.91. The van der Waals surface area contributed by atoms with Gasteiger partial charge in [-0.15, -0.1) is 0 Å². The summed E-state index contributed by atoms with van der Waals surface area (Å²) in [5.41, 5.74) is 1.81. The molecule has 1 aromatic heterocycles. The van der Waals surface area contributed by atoms with Gasteiger partial charge in [-0.05, 0) is 37.6 Å². The largest absolute Gasteiger partial charge is 0.309 e. The lowest BCUT2D eigenvalue weighted by Crippen LogP contribution is -2.26. The summed E-state index contributed by atoms with van der Waals surface area (Å²) in [6.45, 7) is 5.57. The number of aromatic nitrogens is 2. The van der Waals surface area contributed by atoms with Crippen LogP contribution in [0.15, 0.2) is 24.4 Å². The van der Waals surface area contributed by atoms with Gasteiger partial charge >= 0.3 is 0 Å². The first-order chi connectivity index (χ1) is 10.1. The third-order valence-electron chi connectivity index (χ3n) is 3.35. The number of halogens is 3. The highest BCUT2D eigenvalue weighted by molar-refractivity contribution is 6.31. The SMILES string of the molecule is CCNC(Cc1ccc(F)cc1Cl)c1c(Cl)cnn1CC. The summed E-state index contributed by atoms with van der Waals surface area (Å²) in [7, 11) is 0. The first kappa shape index (κ1) is 16.3. The Morgan fingerprint density at radius 3 is 2.67 bits per heavy atom. The van der Waals surface area contributed by atoms with E-state index < -0.39 is 0 Å². The number of hydrogen-bond acceptors (Lipinski definition) is 2. The fraction of sp³-hybridized carbons (Fsp3) is 0.400. The van der Waals surface area contributed by atoms with Gasteiger partial charge in [0, 0.05) is 11.6 Å². The van der Waals surface area contributed by atoms with E-state index in [1.54, 1.807) is 12.3 Å². The van der Waals surface area contributed by atoms with E-state index in [9.17, 15) is 4.39 Å². The predicted molar refractivity (Wildman–Crippen MR) is 84.4 cm³/mol. The van der Waals surface area contributed by atoms with Crippen molar-refractivity contribution < 1.29 is 4.39 Å². The van der Waals surface area contributed by atoms with E-state index in [0.29, 0.717) is 16.5 Å². The normalized spacial score (nSPS) is 12.6. The van der Waals surface area contributed by atoms with Gasteiger partial charge in [-0.1, -0.05) is 36.2 Å². The molecule has 21 heavy (non-hydrogen) atoms. The molecule has 1 N–H and O–H groups in total. The lowest BCUT2D eigenvalue weighted by atomic mass is 10.0. The number of hydrogen-bond donors (Lipinski definition) is 1. The van der Waals surface area contributed by atoms with Crippen molar-refractivity contribution in [3.8, 4) is 0 Å². The van der Waals surface area contributed by atoms with Crippen LogP contribution in [-0.2, 0) is 13.0 Å². The quantitative estimate of drug-likeness (QED) is 0.858. The van der Waals surface area contributed by atoms with E-state index in [-0.39, 0.29) is 11.9 Å². The van der Waals surface area contributed by atoms with Crippen LogP contribution in [0, 0.1) is 5.82 Å². The highest BCUT2D eigenvalue weighted by Crippen LogP contribution is 2.28. The molecule has 0 bridgehead atoms. The molecule has 0 spiro atoms. The van der Waals surface area contributed by atoms with Gasteiger partial charge in [0.2, 0.25) is 0 Å². The van der Waals surface area contributed by atoms with E-state index >= 15 is 0 Å². The summed E-state index contributed by atoms with van der Waals surface area (Å²) >= 11 is 12.4. The van der Waals surface area contributed by atoms with E-state index in [1.165, 1.54) is 12.1 Å². The maximum atomic E-state index is 13.2. The standard InChI is InChI=1S/C15H18Cl2FN3/c1-3-19-14(15-13(17)9-20-21(15)4-2)7-10-5-6-11(18)8-12(10)16/h5-6,8-9,14,19H,3-4,7H2,1-2H3. The monoisotopic (exact) mass is 329 g/mol. The van der Waals surface area contributed by atoms with Crippen LogP contribution < -0.4 is 5.32 Å². The average Bonchev–Trinajstić information content (AvgIpc) is 2.82. The minimum atomic E-state index is -0.333. The molecule has 0 aliphatic carbocycles. The van der Waals surface area contributed by atoms with Gasteiger partial charge in [-0.2, -0.15) is 5.10 Å². The molecule has 0 amide bonds. The van der Waals surface area contributed by atoms with Crippen LogP contribution >= 0.6 is 23.2 Å². The van der Waals surface area contributed by atoms with Gasteiger partial charge in [0.1, 0.15) is 5.82 Å². The molecule has 0 saturated carbocycles. The van der Waals surface area contributed by atoms with Gasteiger partial charge in [0.05, 0.1) is 23.0 Å². The number of nitrogens with one attached hydrogen (secondary N) is 1. The maximum Gasteiger partial charge on any atom is 0.124 e. The molecule has 1 heterocycles. The molecule has 0 radical (unpaired) electrons. The Bertz CT molecular complexity index is 613. The summed E-state index contributed by atoms with van der Waals surface area (Å²) in [6, 6.07) is 4.44. The molecule has 1 aromatic carbocycles.